The van der Waals surface area contributed by atoms with Gasteiger partial charge in [-0.2, -0.15) is 18.4 Å². The molecule has 0 N–H and O–H groups in total. The van der Waals surface area contributed by atoms with Crippen LogP contribution in [-0.2, 0) is 10.9 Å². The lowest BCUT2D eigenvalue weighted by Gasteiger charge is -2.44. The van der Waals surface area contributed by atoms with Crippen molar-refractivity contribution in [2.45, 2.75) is 19.5 Å². The minimum Gasteiger partial charge on any atom is -0.381 e. The first-order valence-corrected chi connectivity index (χ1v) is 11.3. The van der Waals surface area contributed by atoms with Crippen LogP contribution in [0.3, 0.4) is 0 Å². The number of likely N-dealkylation sites (tertiary alicyclic amines) is 1. The maximum absolute atomic E-state index is 13.7. The molecule has 35 heavy (non-hydrogen) atoms. The van der Waals surface area contributed by atoms with Gasteiger partial charge in [0, 0.05) is 61.4 Å². The van der Waals surface area contributed by atoms with Crippen LogP contribution in [0, 0.1) is 34.3 Å². The summed E-state index contributed by atoms with van der Waals surface area (Å²) in [5.74, 6) is -2.32. The average Bonchev–Trinajstić information content (AvgIpc) is 3.19. The second-order valence-corrected chi connectivity index (χ2v) is 9.08. The number of anilines is 1. The molecular formula is C25H24F5N3O2. The van der Waals surface area contributed by atoms with E-state index in [0.29, 0.717) is 51.0 Å². The molecule has 0 saturated carbocycles. The molecule has 186 valence electrons. The lowest BCUT2D eigenvalue weighted by molar-refractivity contribution is -0.137. The van der Waals surface area contributed by atoms with Gasteiger partial charge >= 0.3 is 6.18 Å². The van der Waals surface area contributed by atoms with Crippen LogP contribution in [0.4, 0.5) is 27.6 Å². The molecule has 10 heteroatoms. The van der Waals surface area contributed by atoms with Crippen LogP contribution in [0.2, 0.25) is 0 Å². The topological polar surface area (TPSA) is 56.6 Å². The van der Waals surface area contributed by atoms with Gasteiger partial charge in [-0.25, -0.2) is 8.78 Å². The number of carbonyl (C=O) groups excluding carboxylic acids is 1. The zero-order chi connectivity index (χ0) is 25.4. The van der Waals surface area contributed by atoms with E-state index in [0.717, 1.165) is 18.2 Å². The van der Waals surface area contributed by atoms with Gasteiger partial charge in [-0.15, -0.1) is 0 Å². The number of hydrogen-bond acceptors (Lipinski definition) is 4. The van der Waals surface area contributed by atoms with Crippen LogP contribution in [0.1, 0.15) is 34.8 Å². The van der Waals surface area contributed by atoms with E-state index in [9.17, 15) is 26.7 Å². The molecule has 2 heterocycles. The van der Waals surface area contributed by atoms with Crippen molar-refractivity contribution in [2.75, 3.05) is 44.3 Å². The summed E-state index contributed by atoms with van der Waals surface area (Å²) in [7, 11) is 0. The van der Waals surface area contributed by atoms with Crippen molar-refractivity contribution in [3.8, 4) is 6.07 Å². The molecule has 2 atom stereocenters. The molecule has 2 saturated heterocycles. The van der Waals surface area contributed by atoms with E-state index >= 15 is 0 Å². The highest BCUT2D eigenvalue weighted by molar-refractivity contribution is 5.94. The van der Waals surface area contributed by atoms with Crippen molar-refractivity contribution in [1.82, 2.24) is 4.90 Å². The Morgan fingerprint density at radius 3 is 2.51 bits per heavy atom. The molecule has 4 rings (SSSR count). The Bertz CT molecular complexity index is 1140. The molecule has 1 amide bonds. The Hall–Kier alpha value is -3.19. The highest BCUT2D eigenvalue weighted by Crippen LogP contribution is 2.45. The zero-order valence-corrected chi connectivity index (χ0v) is 19.0. The molecule has 0 radical (unpaired) electrons. The minimum absolute atomic E-state index is 0.0912. The molecule has 0 aliphatic carbocycles. The van der Waals surface area contributed by atoms with Crippen molar-refractivity contribution in [3.05, 3.63) is 64.7 Å². The normalized spacial score (nSPS) is 22.1. The lowest BCUT2D eigenvalue weighted by Crippen LogP contribution is -2.49. The van der Waals surface area contributed by atoms with Crippen LogP contribution in [-0.4, -0.2) is 50.2 Å². The fourth-order valence-electron chi connectivity index (χ4n) is 5.13. The SMILES string of the molecule is CCOC[C@@]12CCN(c3ccc(C#N)c(C(F)(F)F)c3)C[C@@H]1CN(C(=O)c1cc(F)cc(F)c1)C2. The average molecular weight is 493 g/mol. The molecule has 2 fully saturated rings. The third-order valence-corrected chi connectivity index (χ3v) is 6.92. The van der Waals surface area contributed by atoms with E-state index in [1.54, 1.807) is 11.0 Å². The summed E-state index contributed by atoms with van der Waals surface area (Å²) in [6.45, 7) is 4.09. The van der Waals surface area contributed by atoms with E-state index in [-0.39, 0.29) is 18.0 Å². The van der Waals surface area contributed by atoms with Crippen LogP contribution in [0.25, 0.3) is 0 Å². The van der Waals surface area contributed by atoms with Crippen LogP contribution >= 0.6 is 0 Å². The molecule has 2 aliphatic rings. The predicted molar refractivity (Wildman–Crippen MR) is 118 cm³/mol. The third kappa shape index (κ3) is 4.96. The Balaban J connectivity index is 1.60. The Kier molecular flexibility index (Phi) is 6.73. The number of halogens is 5. The quantitative estimate of drug-likeness (QED) is 0.559. The minimum atomic E-state index is -4.66. The Labute approximate surface area is 199 Å². The number of amides is 1. The fourth-order valence-corrected chi connectivity index (χ4v) is 5.13. The first-order chi connectivity index (χ1) is 16.6. The number of ether oxygens (including phenoxy) is 1. The van der Waals surface area contributed by atoms with Gasteiger partial charge in [-0.05, 0) is 43.7 Å². The highest BCUT2D eigenvalue weighted by atomic mass is 19.4. The van der Waals surface area contributed by atoms with E-state index in [1.165, 1.54) is 12.1 Å². The maximum atomic E-state index is 13.7. The molecule has 2 aromatic carbocycles. The number of hydrogen-bond donors (Lipinski definition) is 0. The smallest absolute Gasteiger partial charge is 0.381 e. The molecule has 2 aliphatic heterocycles. The van der Waals surface area contributed by atoms with Gasteiger partial charge in [0.25, 0.3) is 5.91 Å². The van der Waals surface area contributed by atoms with Gasteiger partial charge in [0.2, 0.25) is 0 Å². The van der Waals surface area contributed by atoms with Crippen molar-refractivity contribution >= 4 is 11.6 Å². The van der Waals surface area contributed by atoms with Gasteiger partial charge in [0.15, 0.2) is 0 Å². The van der Waals surface area contributed by atoms with Crippen molar-refractivity contribution in [2.24, 2.45) is 11.3 Å². The number of nitriles is 1. The monoisotopic (exact) mass is 493 g/mol. The van der Waals surface area contributed by atoms with Gasteiger partial charge < -0.3 is 14.5 Å². The van der Waals surface area contributed by atoms with Crippen molar-refractivity contribution in [1.29, 1.82) is 5.26 Å². The summed E-state index contributed by atoms with van der Waals surface area (Å²) >= 11 is 0. The summed E-state index contributed by atoms with van der Waals surface area (Å²) in [6, 6.07) is 7.92. The second-order valence-electron chi connectivity index (χ2n) is 9.08. The third-order valence-electron chi connectivity index (χ3n) is 6.92. The number of fused-ring (bicyclic) bond motifs is 1. The molecule has 0 aromatic heterocycles. The van der Waals surface area contributed by atoms with Crippen LogP contribution in [0.15, 0.2) is 36.4 Å². The fraction of sp³-hybridized carbons (Fsp3) is 0.440. The standard InChI is InChI=1S/C25H24F5N3O2/c1-2-35-15-24-5-6-32(21-4-3-16(11-31)22(10-21)25(28,29)30)12-18(24)13-33(14-24)23(34)17-7-19(26)9-20(27)8-17/h3-4,7-10,18H,2,5-6,12-15H2,1H3/t18-,24+/m1/s1. The Morgan fingerprint density at radius 2 is 1.89 bits per heavy atom. The number of piperidine rings is 1. The largest absolute Gasteiger partial charge is 0.417 e. The number of alkyl halides is 3. The summed E-state index contributed by atoms with van der Waals surface area (Å²) in [6.07, 6.45) is -4.10. The van der Waals surface area contributed by atoms with Crippen LogP contribution < -0.4 is 4.90 Å². The molecular weight excluding hydrogens is 469 g/mol. The first-order valence-electron chi connectivity index (χ1n) is 11.3. The van der Waals surface area contributed by atoms with Gasteiger partial charge in [-0.1, -0.05) is 0 Å². The summed E-state index contributed by atoms with van der Waals surface area (Å²) in [5.41, 5.74) is -1.60. The lowest BCUT2D eigenvalue weighted by atomic mass is 9.73. The summed E-state index contributed by atoms with van der Waals surface area (Å²) in [5, 5.41) is 9.07. The van der Waals surface area contributed by atoms with Crippen molar-refractivity contribution in [3.63, 3.8) is 0 Å². The highest BCUT2D eigenvalue weighted by Gasteiger charge is 2.51. The van der Waals surface area contributed by atoms with E-state index in [4.69, 9.17) is 10.00 Å². The van der Waals surface area contributed by atoms with Crippen LogP contribution in [0.5, 0.6) is 0 Å². The molecule has 0 unspecified atom stereocenters. The molecule has 0 spiro atoms. The number of rotatable bonds is 5. The molecule has 5 nitrogen and oxygen atoms in total. The van der Waals surface area contributed by atoms with E-state index < -0.39 is 40.3 Å². The summed E-state index contributed by atoms with van der Waals surface area (Å²) < 4.78 is 73.5. The molecule has 2 aromatic rings. The first kappa shape index (κ1) is 24.9. The van der Waals surface area contributed by atoms with E-state index in [1.807, 2.05) is 11.8 Å². The van der Waals surface area contributed by atoms with Crippen molar-refractivity contribution < 1.29 is 31.5 Å². The van der Waals surface area contributed by atoms with Gasteiger partial charge in [0.1, 0.15) is 11.6 Å². The molecule has 0 bridgehead atoms. The number of carbonyl (C=O) groups is 1. The number of benzene rings is 2. The van der Waals surface area contributed by atoms with Gasteiger partial charge in [-0.3, -0.25) is 4.79 Å². The predicted octanol–water partition coefficient (Wildman–Crippen LogP) is 4.86. The zero-order valence-electron chi connectivity index (χ0n) is 19.0. The maximum Gasteiger partial charge on any atom is 0.417 e. The van der Waals surface area contributed by atoms with Gasteiger partial charge in [0.05, 0.1) is 23.8 Å². The summed E-state index contributed by atoms with van der Waals surface area (Å²) in [4.78, 5) is 16.4. The Morgan fingerprint density at radius 1 is 1.17 bits per heavy atom. The van der Waals surface area contributed by atoms with E-state index in [2.05, 4.69) is 0 Å². The number of nitrogens with zero attached hydrogens (tertiary/aromatic N) is 3. The second kappa shape index (κ2) is 9.46.